The van der Waals surface area contributed by atoms with Crippen LogP contribution in [-0.2, 0) is 12.3 Å². The highest BCUT2D eigenvalue weighted by atomic mass is 35.5. The zero-order valence-electron chi connectivity index (χ0n) is 9.56. The molecule has 0 aliphatic heterocycles. The van der Waals surface area contributed by atoms with Crippen LogP contribution in [0, 0.1) is 0 Å². The lowest BCUT2D eigenvalue weighted by atomic mass is 10.3. The first-order valence-corrected chi connectivity index (χ1v) is 6.75. The Morgan fingerprint density at radius 3 is 2.94 bits per heavy atom. The number of aromatic nitrogens is 2. The maximum atomic E-state index is 6.11. The highest BCUT2D eigenvalue weighted by molar-refractivity contribution is 7.98. The zero-order valence-corrected chi connectivity index (χ0v) is 11.1. The molecule has 0 saturated heterocycles. The van der Waals surface area contributed by atoms with E-state index in [0.29, 0.717) is 5.02 Å². The molecule has 0 bridgehead atoms. The van der Waals surface area contributed by atoms with Gasteiger partial charge in [0.2, 0.25) is 0 Å². The molecule has 0 aliphatic rings. The topological polar surface area (TPSA) is 43.8 Å². The van der Waals surface area contributed by atoms with Gasteiger partial charge in [-0.25, -0.2) is 0 Å². The Balaban J connectivity index is 2.07. The van der Waals surface area contributed by atoms with Crippen molar-refractivity contribution < 1.29 is 0 Å². The summed E-state index contributed by atoms with van der Waals surface area (Å²) in [5.41, 5.74) is 7.80. The Labute approximate surface area is 110 Å². The number of hydrogen-bond acceptors (Lipinski definition) is 3. The second-order valence-corrected chi connectivity index (χ2v) is 5.04. The zero-order chi connectivity index (χ0) is 12.3. The van der Waals surface area contributed by atoms with Crippen molar-refractivity contribution in [2.45, 2.75) is 24.1 Å². The number of nitrogen functional groups attached to an aromatic ring is 1. The van der Waals surface area contributed by atoms with Crippen LogP contribution in [-0.4, -0.2) is 9.78 Å². The molecule has 17 heavy (non-hydrogen) atoms. The predicted octanol–water partition coefficient (Wildman–Crippen LogP) is 3.43. The van der Waals surface area contributed by atoms with Crippen LogP contribution in [0.15, 0.2) is 35.5 Å². The van der Waals surface area contributed by atoms with Gasteiger partial charge in [0.25, 0.3) is 0 Å². The Kier molecular flexibility index (Phi) is 3.97. The van der Waals surface area contributed by atoms with Gasteiger partial charge in [0.15, 0.2) is 0 Å². The van der Waals surface area contributed by atoms with E-state index >= 15 is 0 Å². The second kappa shape index (κ2) is 5.47. The maximum Gasteiger partial charge on any atom is 0.0562 e. The molecule has 3 nitrogen and oxygen atoms in total. The number of thioether (sulfide) groups is 1. The van der Waals surface area contributed by atoms with Crippen molar-refractivity contribution in [3.05, 3.63) is 41.2 Å². The molecule has 1 heterocycles. The Morgan fingerprint density at radius 1 is 1.47 bits per heavy atom. The van der Waals surface area contributed by atoms with E-state index in [1.807, 2.05) is 35.3 Å². The van der Waals surface area contributed by atoms with Gasteiger partial charge in [-0.3, -0.25) is 4.68 Å². The minimum absolute atomic E-state index is 0.706. The summed E-state index contributed by atoms with van der Waals surface area (Å²) in [7, 11) is 0. The highest BCUT2D eigenvalue weighted by Gasteiger charge is 2.06. The highest BCUT2D eigenvalue weighted by Crippen LogP contribution is 2.34. The van der Waals surface area contributed by atoms with Crippen molar-refractivity contribution in [3.8, 4) is 0 Å². The quantitative estimate of drug-likeness (QED) is 0.682. The van der Waals surface area contributed by atoms with Crippen LogP contribution < -0.4 is 5.73 Å². The SMILES string of the molecule is CCn1cc(CSc2c(N)cccc2Cl)cn1. The minimum Gasteiger partial charge on any atom is -0.398 e. The van der Waals surface area contributed by atoms with Gasteiger partial charge in [-0.05, 0) is 19.1 Å². The lowest BCUT2D eigenvalue weighted by molar-refractivity contribution is 0.659. The third-order valence-electron chi connectivity index (χ3n) is 2.39. The van der Waals surface area contributed by atoms with E-state index in [9.17, 15) is 0 Å². The van der Waals surface area contributed by atoms with Crippen LogP contribution in [0.25, 0.3) is 0 Å². The van der Waals surface area contributed by atoms with Crippen LogP contribution in [0.5, 0.6) is 0 Å². The first kappa shape index (κ1) is 12.3. The summed E-state index contributed by atoms with van der Waals surface area (Å²) in [4.78, 5) is 0.943. The van der Waals surface area contributed by atoms with E-state index in [1.165, 1.54) is 5.56 Å². The van der Waals surface area contributed by atoms with Crippen LogP contribution in [0.4, 0.5) is 5.69 Å². The summed E-state index contributed by atoms with van der Waals surface area (Å²) in [6, 6.07) is 5.58. The second-order valence-electron chi connectivity index (χ2n) is 3.65. The Morgan fingerprint density at radius 2 is 2.29 bits per heavy atom. The molecule has 0 radical (unpaired) electrons. The fourth-order valence-electron chi connectivity index (χ4n) is 1.49. The van der Waals surface area contributed by atoms with Crippen LogP contribution in [0.3, 0.4) is 0 Å². The Hall–Kier alpha value is -1.13. The van der Waals surface area contributed by atoms with Crippen molar-refractivity contribution >= 4 is 29.1 Å². The van der Waals surface area contributed by atoms with E-state index in [2.05, 4.69) is 12.0 Å². The number of nitrogens with two attached hydrogens (primary N) is 1. The maximum absolute atomic E-state index is 6.11. The molecule has 0 aliphatic carbocycles. The van der Waals surface area contributed by atoms with Gasteiger partial charge in [0.1, 0.15) is 0 Å². The summed E-state index contributed by atoms with van der Waals surface area (Å²) in [5.74, 6) is 0.827. The van der Waals surface area contributed by atoms with Gasteiger partial charge >= 0.3 is 0 Å². The number of anilines is 1. The molecular formula is C12H14ClN3S. The van der Waals surface area contributed by atoms with E-state index in [1.54, 1.807) is 11.8 Å². The van der Waals surface area contributed by atoms with E-state index in [4.69, 9.17) is 17.3 Å². The number of rotatable bonds is 4. The summed E-state index contributed by atoms with van der Waals surface area (Å²) in [6.07, 6.45) is 3.92. The first-order chi connectivity index (χ1) is 8.20. The van der Waals surface area contributed by atoms with Crippen molar-refractivity contribution in [3.63, 3.8) is 0 Å². The smallest absolute Gasteiger partial charge is 0.0562 e. The summed E-state index contributed by atoms with van der Waals surface area (Å²) in [5, 5.41) is 4.94. The molecule has 5 heteroatoms. The molecule has 2 N–H and O–H groups in total. The normalized spacial score (nSPS) is 10.7. The first-order valence-electron chi connectivity index (χ1n) is 5.39. The van der Waals surface area contributed by atoms with Crippen molar-refractivity contribution in [2.24, 2.45) is 0 Å². The van der Waals surface area contributed by atoms with Crippen molar-refractivity contribution in [1.82, 2.24) is 9.78 Å². The minimum atomic E-state index is 0.706. The van der Waals surface area contributed by atoms with Crippen LogP contribution in [0.1, 0.15) is 12.5 Å². The lowest BCUT2D eigenvalue weighted by Crippen LogP contribution is -1.92. The number of nitrogens with zero attached hydrogens (tertiary/aromatic N) is 2. The third-order valence-corrected chi connectivity index (χ3v) is 4.04. The summed E-state index contributed by atoms with van der Waals surface area (Å²) in [6.45, 7) is 2.95. The van der Waals surface area contributed by atoms with Gasteiger partial charge in [-0.2, -0.15) is 5.10 Å². The van der Waals surface area contributed by atoms with Gasteiger partial charge in [-0.1, -0.05) is 17.7 Å². The van der Waals surface area contributed by atoms with E-state index < -0.39 is 0 Å². The molecule has 1 aromatic carbocycles. The Bertz CT molecular complexity index is 490. The number of aryl methyl sites for hydroxylation is 1. The fraction of sp³-hybridized carbons (Fsp3) is 0.250. The molecule has 0 unspecified atom stereocenters. The van der Waals surface area contributed by atoms with E-state index in [-0.39, 0.29) is 0 Å². The largest absolute Gasteiger partial charge is 0.398 e. The van der Waals surface area contributed by atoms with Crippen molar-refractivity contribution in [2.75, 3.05) is 5.73 Å². The van der Waals surface area contributed by atoms with Crippen molar-refractivity contribution in [1.29, 1.82) is 0 Å². The standard InChI is InChI=1S/C12H14ClN3S/c1-2-16-7-9(6-15-16)8-17-12-10(13)4-3-5-11(12)14/h3-7H,2,8,14H2,1H3. The predicted molar refractivity (Wildman–Crippen MR) is 73.3 cm³/mol. The average Bonchev–Trinajstić information content (AvgIpc) is 2.76. The molecular weight excluding hydrogens is 254 g/mol. The third kappa shape index (κ3) is 2.96. The molecule has 0 fully saturated rings. The monoisotopic (exact) mass is 267 g/mol. The number of halogens is 1. The van der Waals surface area contributed by atoms with Gasteiger partial charge in [-0.15, -0.1) is 11.8 Å². The number of benzene rings is 1. The van der Waals surface area contributed by atoms with Gasteiger partial charge in [0.05, 0.1) is 11.2 Å². The molecule has 0 saturated carbocycles. The molecule has 2 aromatic rings. The number of hydrogen-bond donors (Lipinski definition) is 1. The van der Waals surface area contributed by atoms with Gasteiger partial charge < -0.3 is 5.73 Å². The average molecular weight is 268 g/mol. The molecule has 90 valence electrons. The van der Waals surface area contributed by atoms with Crippen LogP contribution in [0.2, 0.25) is 5.02 Å². The molecule has 1 aromatic heterocycles. The fourth-order valence-corrected chi connectivity index (χ4v) is 2.73. The molecule has 0 atom stereocenters. The van der Waals surface area contributed by atoms with Crippen LogP contribution >= 0.6 is 23.4 Å². The van der Waals surface area contributed by atoms with E-state index in [0.717, 1.165) is 22.9 Å². The summed E-state index contributed by atoms with van der Waals surface area (Å²) < 4.78 is 1.91. The molecule has 0 amide bonds. The molecule has 2 rings (SSSR count). The molecule has 0 spiro atoms. The van der Waals surface area contributed by atoms with Gasteiger partial charge in [0, 0.05) is 34.6 Å². The summed E-state index contributed by atoms with van der Waals surface area (Å²) >= 11 is 7.75. The lowest BCUT2D eigenvalue weighted by Gasteiger charge is -2.06.